The molecule has 8 heteroatoms. The minimum atomic E-state index is -1.26. The Bertz CT molecular complexity index is 813. The van der Waals surface area contributed by atoms with Gasteiger partial charge in [0, 0.05) is 17.3 Å². The highest BCUT2D eigenvalue weighted by Gasteiger charge is 2.25. The molecule has 0 bridgehead atoms. The number of hydrogen-bond donors (Lipinski definition) is 4. The van der Waals surface area contributed by atoms with Crippen molar-refractivity contribution in [2.24, 2.45) is 0 Å². The van der Waals surface area contributed by atoms with Crippen molar-refractivity contribution >= 4 is 18.0 Å². The van der Waals surface area contributed by atoms with Crippen LogP contribution in [0.3, 0.4) is 0 Å². The molecule has 2 aromatic rings. The SMILES string of the molecule is Cc1[nH]c(C(=O)O)c(C[C@H](C)NC(=O)OCc2ccccc2)c1C(=O)O. The lowest BCUT2D eigenvalue weighted by Gasteiger charge is -2.14. The van der Waals surface area contributed by atoms with Gasteiger partial charge in [-0.25, -0.2) is 14.4 Å². The number of aromatic nitrogens is 1. The smallest absolute Gasteiger partial charge is 0.407 e. The molecule has 0 saturated carbocycles. The van der Waals surface area contributed by atoms with Crippen molar-refractivity contribution in [3.05, 3.63) is 58.4 Å². The number of H-pyrrole nitrogens is 1. The quantitative estimate of drug-likeness (QED) is 0.601. The van der Waals surface area contributed by atoms with Crippen LogP contribution in [0.25, 0.3) is 0 Å². The number of carbonyl (C=O) groups excluding carboxylic acids is 1. The number of carbonyl (C=O) groups is 3. The lowest BCUT2D eigenvalue weighted by Crippen LogP contribution is -2.35. The van der Waals surface area contributed by atoms with Crippen LogP contribution < -0.4 is 5.32 Å². The van der Waals surface area contributed by atoms with Crippen LogP contribution in [0.2, 0.25) is 0 Å². The van der Waals surface area contributed by atoms with E-state index in [0.717, 1.165) is 5.56 Å². The fourth-order valence-electron chi connectivity index (χ4n) is 2.68. The number of aromatic carboxylic acids is 2. The third-order valence-electron chi connectivity index (χ3n) is 3.81. The number of benzene rings is 1. The standard InChI is InChI=1S/C18H20N2O6/c1-10(19-18(25)26-9-12-6-4-3-5-7-12)8-13-14(16(21)22)11(2)20-15(13)17(23)24/h3-7,10,20H,8-9H2,1-2H3,(H,19,25)(H,21,22)(H,23,24)/t10-/m0/s1. The van der Waals surface area contributed by atoms with E-state index in [2.05, 4.69) is 10.3 Å². The number of amides is 1. The van der Waals surface area contributed by atoms with E-state index in [1.165, 1.54) is 6.92 Å². The van der Waals surface area contributed by atoms with Crippen molar-refractivity contribution in [2.45, 2.75) is 32.9 Å². The van der Waals surface area contributed by atoms with Crippen molar-refractivity contribution in [3.8, 4) is 0 Å². The average molecular weight is 360 g/mol. The average Bonchev–Trinajstić information content (AvgIpc) is 2.90. The first-order valence-corrected chi connectivity index (χ1v) is 7.94. The summed E-state index contributed by atoms with van der Waals surface area (Å²) in [6.07, 6.45) is -0.629. The van der Waals surface area contributed by atoms with Gasteiger partial charge < -0.3 is 25.3 Å². The summed E-state index contributed by atoms with van der Waals surface area (Å²) < 4.78 is 5.11. The summed E-state index contributed by atoms with van der Waals surface area (Å²) in [6, 6.07) is 8.62. The number of nitrogens with one attached hydrogen (secondary N) is 2. The molecular formula is C18H20N2O6. The summed E-state index contributed by atoms with van der Waals surface area (Å²) >= 11 is 0. The Hall–Kier alpha value is -3.29. The first-order chi connectivity index (χ1) is 12.3. The lowest BCUT2D eigenvalue weighted by molar-refractivity contribution is 0.0687. The molecule has 138 valence electrons. The summed E-state index contributed by atoms with van der Waals surface area (Å²) in [4.78, 5) is 37.2. The maximum Gasteiger partial charge on any atom is 0.407 e. The van der Waals surface area contributed by atoms with E-state index >= 15 is 0 Å². The molecule has 0 saturated heterocycles. The van der Waals surface area contributed by atoms with Gasteiger partial charge in [-0.2, -0.15) is 0 Å². The van der Waals surface area contributed by atoms with E-state index < -0.39 is 24.1 Å². The van der Waals surface area contributed by atoms with E-state index in [0.29, 0.717) is 0 Å². The van der Waals surface area contributed by atoms with Gasteiger partial charge in [-0.05, 0) is 25.8 Å². The van der Waals surface area contributed by atoms with Crippen molar-refractivity contribution in [2.75, 3.05) is 0 Å². The summed E-state index contributed by atoms with van der Waals surface area (Å²) in [5.74, 6) is -2.48. The first-order valence-electron chi connectivity index (χ1n) is 7.94. The van der Waals surface area contributed by atoms with E-state index in [9.17, 15) is 24.6 Å². The Labute approximate surface area is 149 Å². The van der Waals surface area contributed by atoms with Gasteiger partial charge in [0.05, 0.1) is 5.56 Å². The minimum Gasteiger partial charge on any atom is -0.478 e. The largest absolute Gasteiger partial charge is 0.478 e. The molecule has 1 atom stereocenters. The minimum absolute atomic E-state index is 0.0358. The number of aromatic amines is 1. The number of ether oxygens (including phenoxy) is 1. The maximum absolute atomic E-state index is 11.9. The first kappa shape index (κ1) is 19.0. The lowest BCUT2D eigenvalue weighted by atomic mass is 10.0. The topological polar surface area (TPSA) is 129 Å². The van der Waals surface area contributed by atoms with Crippen LogP contribution in [-0.4, -0.2) is 39.3 Å². The van der Waals surface area contributed by atoms with Crippen molar-refractivity contribution in [1.29, 1.82) is 0 Å². The molecule has 1 aromatic heterocycles. The third-order valence-corrected chi connectivity index (χ3v) is 3.81. The van der Waals surface area contributed by atoms with Crippen molar-refractivity contribution < 1.29 is 29.3 Å². The number of alkyl carbamates (subject to hydrolysis) is 1. The number of rotatable bonds is 7. The number of aryl methyl sites for hydroxylation is 1. The highest BCUT2D eigenvalue weighted by Crippen LogP contribution is 2.21. The Kier molecular flexibility index (Phi) is 6.00. The molecule has 0 aliphatic heterocycles. The third kappa shape index (κ3) is 4.62. The van der Waals surface area contributed by atoms with E-state index in [1.807, 2.05) is 30.3 Å². The van der Waals surface area contributed by atoms with Gasteiger partial charge in [-0.3, -0.25) is 0 Å². The van der Waals surface area contributed by atoms with E-state index in [4.69, 9.17) is 4.74 Å². The Morgan fingerprint density at radius 3 is 2.38 bits per heavy atom. The van der Waals surface area contributed by atoms with Gasteiger partial charge in [0.1, 0.15) is 12.3 Å². The van der Waals surface area contributed by atoms with Crippen LogP contribution in [0, 0.1) is 6.92 Å². The molecule has 1 heterocycles. The van der Waals surface area contributed by atoms with E-state index in [-0.39, 0.29) is 35.5 Å². The zero-order valence-electron chi connectivity index (χ0n) is 14.4. The number of carboxylic acid groups (broad SMARTS) is 2. The molecule has 26 heavy (non-hydrogen) atoms. The van der Waals surface area contributed by atoms with Crippen LogP contribution in [0.1, 0.15) is 44.6 Å². The van der Waals surface area contributed by atoms with Crippen LogP contribution in [0.5, 0.6) is 0 Å². The predicted molar refractivity (Wildman–Crippen MR) is 92.4 cm³/mol. The van der Waals surface area contributed by atoms with Crippen LogP contribution in [0.15, 0.2) is 30.3 Å². The van der Waals surface area contributed by atoms with Gasteiger partial charge in [-0.15, -0.1) is 0 Å². The van der Waals surface area contributed by atoms with Crippen LogP contribution >= 0.6 is 0 Å². The maximum atomic E-state index is 11.9. The van der Waals surface area contributed by atoms with Gasteiger partial charge in [-0.1, -0.05) is 30.3 Å². The second-order valence-electron chi connectivity index (χ2n) is 5.90. The molecular weight excluding hydrogens is 340 g/mol. The summed E-state index contributed by atoms with van der Waals surface area (Å²) in [5, 5.41) is 21.2. The second-order valence-corrected chi connectivity index (χ2v) is 5.90. The number of hydrogen-bond acceptors (Lipinski definition) is 4. The van der Waals surface area contributed by atoms with Crippen LogP contribution in [-0.2, 0) is 17.8 Å². The second kappa shape index (κ2) is 8.19. The fraction of sp³-hybridized carbons (Fsp3) is 0.278. The van der Waals surface area contributed by atoms with Gasteiger partial charge in [0.2, 0.25) is 0 Å². The zero-order valence-corrected chi connectivity index (χ0v) is 14.4. The van der Waals surface area contributed by atoms with Gasteiger partial charge in [0.25, 0.3) is 0 Å². The molecule has 0 fully saturated rings. The molecule has 1 aromatic carbocycles. The van der Waals surface area contributed by atoms with Crippen molar-refractivity contribution in [3.63, 3.8) is 0 Å². The highest BCUT2D eigenvalue weighted by atomic mass is 16.5. The van der Waals surface area contributed by atoms with Crippen molar-refractivity contribution in [1.82, 2.24) is 10.3 Å². The molecule has 0 unspecified atom stereocenters. The van der Waals surface area contributed by atoms with Crippen LogP contribution in [0.4, 0.5) is 4.79 Å². The normalized spacial score (nSPS) is 11.6. The molecule has 8 nitrogen and oxygen atoms in total. The Morgan fingerprint density at radius 2 is 1.81 bits per heavy atom. The molecule has 0 aliphatic rings. The summed E-state index contributed by atoms with van der Waals surface area (Å²) in [6.45, 7) is 3.23. The van der Waals surface area contributed by atoms with Gasteiger partial charge >= 0.3 is 18.0 Å². The van der Waals surface area contributed by atoms with E-state index in [1.54, 1.807) is 6.92 Å². The molecule has 2 rings (SSSR count). The summed E-state index contributed by atoms with van der Waals surface area (Å²) in [7, 11) is 0. The summed E-state index contributed by atoms with van der Waals surface area (Å²) in [5.41, 5.74) is 0.944. The highest BCUT2D eigenvalue weighted by molar-refractivity contribution is 5.97. The van der Waals surface area contributed by atoms with Gasteiger partial charge in [0.15, 0.2) is 0 Å². The monoisotopic (exact) mass is 360 g/mol. The zero-order chi connectivity index (χ0) is 19.3. The molecule has 1 amide bonds. The molecule has 4 N–H and O–H groups in total. The Morgan fingerprint density at radius 1 is 1.15 bits per heavy atom. The molecule has 0 radical (unpaired) electrons. The Balaban J connectivity index is 2.03. The fourth-order valence-corrected chi connectivity index (χ4v) is 2.68. The number of carboxylic acids is 2. The predicted octanol–water partition coefficient (Wildman–Crippen LogP) is 2.58. The molecule has 0 spiro atoms. The molecule has 0 aliphatic carbocycles.